The lowest BCUT2D eigenvalue weighted by atomic mass is 9.82. The van der Waals surface area contributed by atoms with Gasteiger partial charge in [-0.05, 0) is 31.2 Å². The first-order chi connectivity index (χ1) is 17.4. The van der Waals surface area contributed by atoms with Gasteiger partial charge in [0, 0.05) is 31.0 Å². The van der Waals surface area contributed by atoms with Crippen LogP contribution in [-0.4, -0.2) is 89.2 Å². The number of hydrogen-bond donors (Lipinski definition) is 1. The number of nitrogens with zero attached hydrogens (tertiary/aromatic N) is 3. The Kier molecular flexibility index (Phi) is 10.3. The lowest BCUT2D eigenvalue weighted by molar-refractivity contribution is -0.586. The number of rotatable bonds is 10. The van der Waals surface area contributed by atoms with E-state index in [4.69, 9.17) is 14.2 Å². The highest BCUT2D eigenvalue weighted by molar-refractivity contribution is 5.68. The Morgan fingerprint density at radius 3 is 2.50 bits per heavy atom. The van der Waals surface area contributed by atoms with Gasteiger partial charge in [0.2, 0.25) is 0 Å². The number of aliphatic hydroxyl groups is 1. The minimum Gasteiger partial charge on any atom is -0.449 e. The molecule has 11 heteroatoms. The summed E-state index contributed by atoms with van der Waals surface area (Å²) >= 11 is 0. The van der Waals surface area contributed by atoms with Gasteiger partial charge < -0.3 is 24.2 Å². The molecule has 0 unspecified atom stereocenters. The van der Waals surface area contributed by atoms with Crippen molar-refractivity contribution in [2.24, 2.45) is 0 Å². The number of likely N-dealkylation sites (tertiary alicyclic amines) is 2. The van der Waals surface area contributed by atoms with E-state index in [1.807, 2.05) is 37.3 Å². The first kappa shape index (κ1) is 27.7. The van der Waals surface area contributed by atoms with Crippen molar-refractivity contribution < 1.29 is 33.8 Å². The van der Waals surface area contributed by atoms with Crippen LogP contribution in [-0.2, 0) is 20.8 Å². The first-order valence-electron chi connectivity index (χ1n) is 12.7. The summed E-state index contributed by atoms with van der Waals surface area (Å²) in [5.41, 5.74) is -0.795. The third kappa shape index (κ3) is 6.85. The molecule has 0 aliphatic carbocycles. The van der Waals surface area contributed by atoms with Crippen LogP contribution < -0.4 is 0 Å². The molecule has 0 radical (unpaired) electrons. The maximum Gasteiger partial charge on any atom is 0.410 e. The minimum absolute atomic E-state index is 0.0897. The Morgan fingerprint density at radius 1 is 1.14 bits per heavy atom. The molecule has 1 aromatic carbocycles. The molecule has 200 valence electrons. The molecule has 0 bridgehead atoms. The van der Waals surface area contributed by atoms with E-state index in [1.165, 1.54) is 4.90 Å². The Morgan fingerprint density at radius 2 is 1.86 bits per heavy atom. The van der Waals surface area contributed by atoms with Crippen molar-refractivity contribution in [3.8, 4) is 0 Å². The number of aliphatic hydroxyl groups excluding tert-OH is 1. The maximum atomic E-state index is 12.7. The van der Waals surface area contributed by atoms with Crippen molar-refractivity contribution in [1.82, 2.24) is 9.80 Å². The number of unbranched alkanes of at least 4 members (excludes halogenated alkanes) is 1. The molecule has 2 heterocycles. The standard InChI is InChI=1S/C25H37N3O8/c1-2-3-16-34-24(31)27-13-7-12-25(19-29,28(32)33)22(27)18-35-21-10-14-26(15-11-21)23(30)36-17-20-8-5-4-6-9-20/h4-6,8-9,21-22,29H,2-3,7,10-19H2,1H3/t22-,25+/m0/s1. The third-order valence-electron chi connectivity index (χ3n) is 7.00. The Balaban J connectivity index is 1.55. The second-order valence-corrected chi connectivity index (χ2v) is 9.36. The molecule has 0 aromatic heterocycles. The largest absolute Gasteiger partial charge is 0.449 e. The molecule has 3 rings (SSSR count). The Bertz CT molecular complexity index is 862. The number of benzene rings is 1. The lowest BCUT2D eigenvalue weighted by Gasteiger charge is -2.43. The quantitative estimate of drug-likeness (QED) is 0.290. The summed E-state index contributed by atoms with van der Waals surface area (Å²) in [6.45, 7) is 2.81. The topological polar surface area (TPSA) is 132 Å². The molecule has 0 spiro atoms. The van der Waals surface area contributed by atoms with Gasteiger partial charge in [-0.2, -0.15) is 0 Å². The lowest BCUT2D eigenvalue weighted by Crippen LogP contribution is -2.66. The van der Waals surface area contributed by atoms with Crippen LogP contribution in [0.4, 0.5) is 9.59 Å². The monoisotopic (exact) mass is 507 g/mol. The SMILES string of the molecule is CCCCOC(=O)N1CCC[C@](CO)([N+](=O)[O-])[C@@H]1COC1CCN(C(=O)OCc2ccccc2)CC1. The van der Waals surface area contributed by atoms with E-state index >= 15 is 0 Å². The molecule has 2 atom stereocenters. The summed E-state index contributed by atoms with van der Waals surface area (Å²) in [6, 6.07) is 8.49. The zero-order valence-electron chi connectivity index (χ0n) is 20.9. The van der Waals surface area contributed by atoms with Crippen molar-refractivity contribution in [3.05, 3.63) is 46.0 Å². The van der Waals surface area contributed by atoms with Gasteiger partial charge in [-0.3, -0.25) is 15.0 Å². The van der Waals surface area contributed by atoms with Gasteiger partial charge in [0.1, 0.15) is 19.3 Å². The Hall–Kier alpha value is -2.92. The fourth-order valence-electron chi connectivity index (χ4n) is 4.72. The summed E-state index contributed by atoms with van der Waals surface area (Å²) in [4.78, 5) is 39.6. The van der Waals surface area contributed by atoms with Crippen LogP contribution in [0, 0.1) is 10.1 Å². The van der Waals surface area contributed by atoms with Crippen LogP contribution in [0.3, 0.4) is 0 Å². The van der Waals surface area contributed by atoms with Crippen molar-refractivity contribution in [3.63, 3.8) is 0 Å². The second kappa shape index (κ2) is 13.4. The normalized spacial score (nSPS) is 22.8. The van der Waals surface area contributed by atoms with Crippen LogP contribution in [0.2, 0.25) is 0 Å². The third-order valence-corrected chi connectivity index (χ3v) is 7.00. The molecule has 1 aromatic rings. The Labute approximate surface area is 211 Å². The fourth-order valence-corrected chi connectivity index (χ4v) is 4.72. The van der Waals surface area contributed by atoms with Crippen molar-refractivity contribution in [1.29, 1.82) is 0 Å². The van der Waals surface area contributed by atoms with Crippen molar-refractivity contribution in [2.45, 2.75) is 69.7 Å². The number of hydrogen-bond acceptors (Lipinski definition) is 8. The van der Waals surface area contributed by atoms with Gasteiger partial charge in [0.25, 0.3) is 5.54 Å². The molecular weight excluding hydrogens is 470 g/mol. The van der Waals surface area contributed by atoms with E-state index in [9.17, 15) is 24.8 Å². The molecule has 2 aliphatic rings. The predicted molar refractivity (Wildman–Crippen MR) is 130 cm³/mol. The predicted octanol–water partition coefficient (Wildman–Crippen LogP) is 3.21. The van der Waals surface area contributed by atoms with Gasteiger partial charge in [-0.25, -0.2) is 9.59 Å². The highest BCUT2D eigenvalue weighted by Gasteiger charge is 2.56. The van der Waals surface area contributed by atoms with E-state index in [2.05, 4.69) is 0 Å². The fraction of sp³-hybridized carbons (Fsp3) is 0.680. The van der Waals surface area contributed by atoms with Gasteiger partial charge in [0.15, 0.2) is 0 Å². The molecule has 2 fully saturated rings. The molecular formula is C25H37N3O8. The number of piperidine rings is 2. The number of nitro groups is 1. The zero-order chi connectivity index (χ0) is 26.0. The molecule has 2 saturated heterocycles. The van der Waals surface area contributed by atoms with Crippen LogP contribution in [0.15, 0.2) is 30.3 Å². The number of amides is 2. The number of carbonyl (C=O) groups is 2. The smallest absolute Gasteiger partial charge is 0.410 e. The van der Waals surface area contributed by atoms with Gasteiger partial charge in [0.05, 0.1) is 19.3 Å². The van der Waals surface area contributed by atoms with Crippen LogP contribution in [0.25, 0.3) is 0 Å². The first-order valence-corrected chi connectivity index (χ1v) is 12.7. The second-order valence-electron chi connectivity index (χ2n) is 9.36. The maximum absolute atomic E-state index is 12.7. The summed E-state index contributed by atoms with van der Waals surface area (Å²) in [5.74, 6) is 0. The zero-order valence-corrected chi connectivity index (χ0v) is 20.9. The van der Waals surface area contributed by atoms with E-state index in [1.54, 1.807) is 4.90 Å². The van der Waals surface area contributed by atoms with Gasteiger partial charge in [-0.15, -0.1) is 0 Å². The highest BCUT2D eigenvalue weighted by Crippen LogP contribution is 2.32. The molecule has 2 aliphatic heterocycles. The van der Waals surface area contributed by atoms with Gasteiger partial charge >= 0.3 is 12.2 Å². The van der Waals surface area contributed by atoms with Crippen LogP contribution >= 0.6 is 0 Å². The van der Waals surface area contributed by atoms with Crippen LogP contribution in [0.5, 0.6) is 0 Å². The highest BCUT2D eigenvalue weighted by atomic mass is 16.6. The molecule has 11 nitrogen and oxygen atoms in total. The van der Waals surface area contributed by atoms with E-state index < -0.39 is 35.3 Å². The number of ether oxygens (including phenoxy) is 3. The van der Waals surface area contributed by atoms with E-state index in [-0.39, 0.29) is 32.3 Å². The summed E-state index contributed by atoms with van der Waals surface area (Å²) in [5, 5.41) is 22.1. The average Bonchev–Trinajstić information content (AvgIpc) is 2.91. The minimum atomic E-state index is -1.70. The summed E-state index contributed by atoms with van der Waals surface area (Å²) < 4.78 is 16.8. The average molecular weight is 508 g/mol. The summed E-state index contributed by atoms with van der Waals surface area (Å²) in [6.07, 6.45) is 1.94. The number of carbonyl (C=O) groups excluding carboxylic acids is 2. The van der Waals surface area contributed by atoms with Gasteiger partial charge in [-0.1, -0.05) is 43.7 Å². The van der Waals surface area contributed by atoms with Crippen LogP contribution in [0.1, 0.15) is 51.0 Å². The van der Waals surface area contributed by atoms with Crippen molar-refractivity contribution in [2.75, 3.05) is 39.5 Å². The molecule has 0 saturated carbocycles. The molecule has 36 heavy (non-hydrogen) atoms. The summed E-state index contributed by atoms with van der Waals surface area (Å²) in [7, 11) is 0. The van der Waals surface area contributed by atoms with E-state index in [0.29, 0.717) is 45.3 Å². The van der Waals surface area contributed by atoms with E-state index in [0.717, 1.165) is 12.0 Å². The van der Waals surface area contributed by atoms with Crippen molar-refractivity contribution >= 4 is 12.2 Å². The molecule has 2 amide bonds. The molecule has 1 N–H and O–H groups in total.